The molecule has 5 heteroatoms. The molecule has 1 aromatic heterocycles. The number of hydrogen-bond donors (Lipinski definition) is 2. The maximum Gasteiger partial charge on any atom is 0.226 e. The molecule has 1 atom stereocenters. The minimum absolute atomic E-state index is 0.154. The SMILES string of the molecule is COc1ccccc1CC(C)(C)C(=O)NC(CO)c1ccco1. The molecule has 0 spiro atoms. The zero-order valence-corrected chi connectivity index (χ0v) is 13.7. The van der Waals surface area contributed by atoms with Gasteiger partial charge in [0.15, 0.2) is 0 Å². The number of nitrogens with one attached hydrogen (secondary N) is 1. The van der Waals surface area contributed by atoms with Gasteiger partial charge in [0, 0.05) is 5.41 Å². The smallest absolute Gasteiger partial charge is 0.226 e. The predicted molar refractivity (Wildman–Crippen MR) is 87.2 cm³/mol. The van der Waals surface area contributed by atoms with Crippen LogP contribution >= 0.6 is 0 Å². The minimum atomic E-state index is -0.658. The van der Waals surface area contributed by atoms with Crippen molar-refractivity contribution >= 4 is 5.91 Å². The third kappa shape index (κ3) is 4.13. The van der Waals surface area contributed by atoms with Gasteiger partial charge in [-0.1, -0.05) is 32.0 Å². The Morgan fingerprint density at radius 1 is 1.30 bits per heavy atom. The molecule has 124 valence electrons. The fourth-order valence-electron chi connectivity index (χ4n) is 2.46. The maximum atomic E-state index is 12.6. The lowest BCUT2D eigenvalue weighted by atomic mass is 9.84. The summed E-state index contributed by atoms with van der Waals surface area (Å²) in [5.41, 5.74) is 0.308. The van der Waals surface area contributed by atoms with E-state index in [0.717, 1.165) is 11.3 Å². The summed E-state index contributed by atoms with van der Waals surface area (Å²) in [5.74, 6) is 1.14. The van der Waals surface area contributed by atoms with Crippen molar-refractivity contribution in [3.63, 3.8) is 0 Å². The highest BCUT2D eigenvalue weighted by Crippen LogP contribution is 2.28. The fraction of sp³-hybridized carbons (Fsp3) is 0.389. The van der Waals surface area contributed by atoms with Crippen LogP contribution in [0, 0.1) is 5.41 Å². The van der Waals surface area contributed by atoms with Crippen molar-refractivity contribution in [3.8, 4) is 5.75 Å². The average Bonchev–Trinajstić information content (AvgIpc) is 3.06. The van der Waals surface area contributed by atoms with Crippen LogP contribution in [0.25, 0.3) is 0 Å². The summed E-state index contributed by atoms with van der Waals surface area (Å²) in [4.78, 5) is 12.6. The van der Waals surface area contributed by atoms with E-state index in [1.165, 1.54) is 6.26 Å². The van der Waals surface area contributed by atoms with Crippen molar-refractivity contribution in [2.75, 3.05) is 13.7 Å². The number of amides is 1. The van der Waals surface area contributed by atoms with Gasteiger partial charge < -0.3 is 19.6 Å². The van der Waals surface area contributed by atoms with Gasteiger partial charge in [-0.3, -0.25) is 4.79 Å². The largest absolute Gasteiger partial charge is 0.496 e. The van der Waals surface area contributed by atoms with Crippen LogP contribution < -0.4 is 10.1 Å². The van der Waals surface area contributed by atoms with E-state index in [1.54, 1.807) is 19.2 Å². The Balaban J connectivity index is 2.10. The Labute approximate surface area is 136 Å². The summed E-state index contributed by atoms with van der Waals surface area (Å²) in [6.07, 6.45) is 2.04. The van der Waals surface area contributed by atoms with Crippen molar-refractivity contribution < 1.29 is 19.1 Å². The second-order valence-corrected chi connectivity index (χ2v) is 6.10. The number of methoxy groups -OCH3 is 1. The molecular formula is C18H23NO4. The molecule has 2 rings (SSSR count). The highest BCUT2D eigenvalue weighted by Gasteiger charge is 2.31. The van der Waals surface area contributed by atoms with E-state index < -0.39 is 11.5 Å². The van der Waals surface area contributed by atoms with Crippen LogP contribution in [0.3, 0.4) is 0 Å². The Morgan fingerprint density at radius 3 is 2.65 bits per heavy atom. The first-order valence-corrected chi connectivity index (χ1v) is 7.55. The molecule has 1 aromatic carbocycles. The second kappa shape index (κ2) is 7.33. The molecule has 0 aliphatic heterocycles. The molecule has 23 heavy (non-hydrogen) atoms. The molecule has 0 aliphatic rings. The van der Waals surface area contributed by atoms with Gasteiger partial charge in [0.05, 0.1) is 20.0 Å². The molecule has 1 amide bonds. The molecular weight excluding hydrogens is 294 g/mol. The maximum absolute atomic E-state index is 12.6. The number of ether oxygens (including phenoxy) is 1. The van der Waals surface area contributed by atoms with Crippen molar-refractivity contribution in [2.24, 2.45) is 5.41 Å². The Kier molecular flexibility index (Phi) is 5.45. The molecule has 0 saturated heterocycles. The normalized spacial score (nSPS) is 12.7. The van der Waals surface area contributed by atoms with E-state index in [4.69, 9.17) is 9.15 Å². The van der Waals surface area contributed by atoms with Crippen molar-refractivity contribution in [1.82, 2.24) is 5.32 Å². The Morgan fingerprint density at radius 2 is 2.04 bits per heavy atom. The molecule has 2 aromatic rings. The first-order chi connectivity index (χ1) is 11.0. The minimum Gasteiger partial charge on any atom is -0.496 e. The molecule has 5 nitrogen and oxygen atoms in total. The third-order valence-electron chi connectivity index (χ3n) is 3.81. The van der Waals surface area contributed by atoms with Crippen LogP contribution in [0.1, 0.15) is 31.2 Å². The summed E-state index contributed by atoms with van der Waals surface area (Å²) >= 11 is 0. The summed E-state index contributed by atoms with van der Waals surface area (Å²) < 4.78 is 10.6. The standard InChI is InChI=1S/C18H23NO4/c1-18(2,11-13-7-4-5-8-15(13)22-3)17(21)19-14(12-20)16-9-6-10-23-16/h4-10,14,20H,11-12H2,1-3H3,(H,19,21). The zero-order valence-electron chi connectivity index (χ0n) is 13.7. The van der Waals surface area contributed by atoms with Crippen LogP contribution in [0.4, 0.5) is 0 Å². The fourth-order valence-corrected chi connectivity index (χ4v) is 2.46. The van der Waals surface area contributed by atoms with E-state index in [9.17, 15) is 9.90 Å². The number of benzene rings is 1. The molecule has 0 aliphatic carbocycles. The van der Waals surface area contributed by atoms with Gasteiger partial charge in [-0.25, -0.2) is 0 Å². The Hall–Kier alpha value is -2.27. The van der Waals surface area contributed by atoms with E-state index in [2.05, 4.69) is 5.32 Å². The third-order valence-corrected chi connectivity index (χ3v) is 3.81. The van der Waals surface area contributed by atoms with E-state index in [-0.39, 0.29) is 12.5 Å². The number of carbonyl (C=O) groups excluding carboxylic acids is 1. The molecule has 0 saturated carbocycles. The van der Waals surface area contributed by atoms with Gasteiger partial charge in [-0.15, -0.1) is 0 Å². The topological polar surface area (TPSA) is 71.7 Å². The molecule has 0 radical (unpaired) electrons. The zero-order chi connectivity index (χ0) is 16.9. The van der Waals surface area contributed by atoms with E-state index in [1.807, 2.05) is 38.1 Å². The van der Waals surface area contributed by atoms with Gasteiger partial charge in [-0.2, -0.15) is 0 Å². The Bertz CT molecular complexity index is 634. The van der Waals surface area contributed by atoms with Gasteiger partial charge in [-0.05, 0) is 30.2 Å². The number of carbonyl (C=O) groups is 1. The number of para-hydroxylation sites is 1. The molecule has 0 bridgehead atoms. The summed E-state index contributed by atoms with van der Waals surface area (Å²) in [6, 6.07) is 10.6. The van der Waals surface area contributed by atoms with E-state index in [0.29, 0.717) is 12.2 Å². The highest BCUT2D eigenvalue weighted by molar-refractivity contribution is 5.82. The highest BCUT2D eigenvalue weighted by atomic mass is 16.5. The monoisotopic (exact) mass is 317 g/mol. The quantitative estimate of drug-likeness (QED) is 0.823. The van der Waals surface area contributed by atoms with Gasteiger partial charge in [0.2, 0.25) is 5.91 Å². The van der Waals surface area contributed by atoms with Gasteiger partial charge in [0.1, 0.15) is 17.6 Å². The summed E-state index contributed by atoms with van der Waals surface area (Å²) in [6.45, 7) is 3.51. The first kappa shape index (κ1) is 17.1. The number of rotatable bonds is 7. The first-order valence-electron chi connectivity index (χ1n) is 7.55. The van der Waals surface area contributed by atoms with E-state index >= 15 is 0 Å². The van der Waals surface area contributed by atoms with Gasteiger partial charge in [0.25, 0.3) is 0 Å². The molecule has 1 heterocycles. The summed E-state index contributed by atoms with van der Waals surface area (Å²) in [7, 11) is 1.62. The summed E-state index contributed by atoms with van der Waals surface area (Å²) in [5, 5.41) is 12.3. The van der Waals surface area contributed by atoms with Crippen LogP contribution in [0.2, 0.25) is 0 Å². The van der Waals surface area contributed by atoms with Crippen molar-refractivity contribution in [3.05, 3.63) is 54.0 Å². The number of furan rings is 1. The predicted octanol–water partition coefficient (Wildman–Crippen LogP) is 2.71. The van der Waals surface area contributed by atoms with Crippen LogP contribution in [-0.4, -0.2) is 24.7 Å². The van der Waals surface area contributed by atoms with Crippen LogP contribution in [0.15, 0.2) is 47.1 Å². The van der Waals surface area contributed by atoms with Crippen LogP contribution in [0.5, 0.6) is 5.75 Å². The average molecular weight is 317 g/mol. The van der Waals surface area contributed by atoms with Crippen molar-refractivity contribution in [1.29, 1.82) is 0 Å². The lowest BCUT2D eigenvalue weighted by Crippen LogP contribution is -2.41. The molecule has 0 fully saturated rings. The van der Waals surface area contributed by atoms with Crippen molar-refractivity contribution in [2.45, 2.75) is 26.3 Å². The number of hydrogen-bond acceptors (Lipinski definition) is 4. The number of aliphatic hydroxyl groups excluding tert-OH is 1. The molecule has 1 unspecified atom stereocenters. The van der Waals surface area contributed by atoms with Gasteiger partial charge >= 0.3 is 0 Å². The lowest BCUT2D eigenvalue weighted by molar-refractivity contribution is -0.130. The number of aliphatic hydroxyl groups is 1. The van der Waals surface area contributed by atoms with Crippen LogP contribution in [-0.2, 0) is 11.2 Å². The second-order valence-electron chi connectivity index (χ2n) is 6.10. The molecule has 2 N–H and O–H groups in total. The lowest BCUT2D eigenvalue weighted by Gasteiger charge is -2.26.